The summed E-state index contributed by atoms with van der Waals surface area (Å²) in [5.41, 5.74) is 0.0417. The largest absolute Gasteiger partial charge is 0.461 e. The van der Waals surface area contributed by atoms with Crippen molar-refractivity contribution in [3.63, 3.8) is 0 Å². The highest BCUT2D eigenvalue weighted by Gasteiger charge is 2.14. The first kappa shape index (κ1) is 12.2. The smallest absolute Gasteiger partial charge is 0.330 e. The Labute approximate surface area is 80.2 Å². The summed E-state index contributed by atoms with van der Waals surface area (Å²) in [4.78, 5) is 10.7. The maximum Gasteiger partial charge on any atom is 0.330 e. The molecule has 0 radical (unpaired) electrons. The summed E-state index contributed by atoms with van der Waals surface area (Å²) in [6.45, 7) is 11.9. The number of rotatable bonds is 4. The van der Waals surface area contributed by atoms with Crippen LogP contribution in [0.15, 0.2) is 12.7 Å². The predicted octanol–water partition coefficient (Wildman–Crippen LogP) is 1.49. The van der Waals surface area contributed by atoms with E-state index in [4.69, 9.17) is 4.74 Å². The molecule has 0 aliphatic heterocycles. The van der Waals surface area contributed by atoms with Gasteiger partial charge in [0.05, 0.1) is 0 Å². The Morgan fingerprint density at radius 2 is 2.15 bits per heavy atom. The van der Waals surface area contributed by atoms with E-state index in [1.54, 1.807) is 0 Å². The highest BCUT2D eigenvalue weighted by molar-refractivity contribution is 5.81. The van der Waals surface area contributed by atoms with E-state index in [0.29, 0.717) is 6.61 Å². The molecule has 1 unspecified atom stereocenters. The third-order valence-electron chi connectivity index (χ3n) is 1.32. The third-order valence-corrected chi connectivity index (χ3v) is 1.32. The van der Waals surface area contributed by atoms with Crippen LogP contribution in [-0.4, -0.2) is 24.2 Å². The molecular formula is C10H19NO2. The van der Waals surface area contributed by atoms with Gasteiger partial charge in [-0.1, -0.05) is 6.58 Å². The van der Waals surface area contributed by atoms with Crippen LogP contribution in [0.2, 0.25) is 0 Å². The first-order valence-electron chi connectivity index (χ1n) is 4.42. The molecule has 0 aliphatic rings. The molecule has 0 aliphatic carbocycles. The normalized spacial score (nSPS) is 13.5. The van der Waals surface area contributed by atoms with Crippen molar-refractivity contribution < 1.29 is 9.53 Å². The van der Waals surface area contributed by atoms with Gasteiger partial charge < -0.3 is 10.1 Å². The van der Waals surface area contributed by atoms with Crippen molar-refractivity contribution >= 4 is 5.97 Å². The first-order valence-corrected chi connectivity index (χ1v) is 4.42. The molecule has 13 heavy (non-hydrogen) atoms. The molecule has 0 aromatic carbocycles. The van der Waals surface area contributed by atoms with Crippen LogP contribution in [0.1, 0.15) is 27.7 Å². The second-order valence-corrected chi connectivity index (χ2v) is 4.13. The summed E-state index contributed by atoms with van der Waals surface area (Å²) < 4.78 is 4.88. The van der Waals surface area contributed by atoms with Crippen LogP contribution >= 0.6 is 0 Å². The van der Waals surface area contributed by atoms with E-state index in [2.05, 4.69) is 32.7 Å². The van der Waals surface area contributed by atoms with E-state index in [9.17, 15) is 4.79 Å². The lowest BCUT2D eigenvalue weighted by Crippen LogP contribution is -2.44. The molecule has 0 aromatic heterocycles. The van der Waals surface area contributed by atoms with Crippen LogP contribution in [0.3, 0.4) is 0 Å². The maximum absolute atomic E-state index is 10.7. The van der Waals surface area contributed by atoms with Crippen LogP contribution in [0.5, 0.6) is 0 Å². The summed E-state index contributed by atoms with van der Waals surface area (Å²) in [6, 6.07) is 0.156. The molecule has 0 bridgehead atoms. The molecular weight excluding hydrogens is 166 g/mol. The van der Waals surface area contributed by atoms with Crippen LogP contribution < -0.4 is 5.32 Å². The molecule has 0 saturated carbocycles. The summed E-state index contributed by atoms with van der Waals surface area (Å²) in [5, 5.41) is 3.29. The fourth-order valence-electron chi connectivity index (χ4n) is 1.05. The van der Waals surface area contributed by atoms with Crippen molar-refractivity contribution in [1.29, 1.82) is 0 Å². The molecule has 0 rings (SSSR count). The number of carbonyl (C=O) groups excluding carboxylic acids is 1. The summed E-state index contributed by atoms with van der Waals surface area (Å²) in [6.07, 6.45) is 1.17. The van der Waals surface area contributed by atoms with Crippen LogP contribution in [0.4, 0.5) is 0 Å². The van der Waals surface area contributed by atoms with Crippen molar-refractivity contribution in [3.8, 4) is 0 Å². The summed E-state index contributed by atoms with van der Waals surface area (Å²) >= 11 is 0. The SMILES string of the molecule is C=CC(=O)OCC(C)NC(C)(C)C. The molecule has 0 heterocycles. The number of carbonyl (C=O) groups is 1. The summed E-state index contributed by atoms with van der Waals surface area (Å²) in [7, 11) is 0. The molecule has 3 nitrogen and oxygen atoms in total. The molecule has 0 saturated heterocycles. The Bertz CT molecular complexity index is 182. The second-order valence-electron chi connectivity index (χ2n) is 4.13. The van der Waals surface area contributed by atoms with Gasteiger partial charge in [0, 0.05) is 17.7 Å². The van der Waals surface area contributed by atoms with Crippen LogP contribution in [0.25, 0.3) is 0 Å². The fraction of sp³-hybridized carbons (Fsp3) is 0.700. The van der Waals surface area contributed by atoms with Gasteiger partial charge in [-0.05, 0) is 27.7 Å². The quantitative estimate of drug-likeness (QED) is 0.532. The molecule has 0 spiro atoms. The van der Waals surface area contributed by atoms with Gasteiger partial charge in [-0.25, -0.2) is 4.79 Å². The number of nitrogens with one attached hydrogen (secondary N) is 1. The zero-order chi connectivity index (χ0) is 10.5. The Morgan fingerprint density at radius 1 is 1.62 bits per heavy atom. The van der Waals surface area contributed by atoms with E-state index in [1.807, 2.05) is 6.92 Å². The van der Waals surface area contributed by atoms with Crippen molar-refractivity contribution in [3.05, 3.63) is 12.7 Å². The van der Waals surface area contributed by atoms with Crippen molar-refractivity contribution in [2.24, 2.45) is 0 Å². The van der Waals surface area contributed by atoms with Gasteiger partial charge in [-0.3, -0.25) is 0 Å². The Morgan fingerprint density at radius 3 is 2.54 bits per heavy atom. The predicted molar refractivity (Wildman–Crippen MR) is 53.5 cm³/mol. The standard InChI is InChI=1S/C10H19NO2/c1-6-9(12)13-7-8(2)11-10(3,4)5/h6,8,11H,1,7H2,2-5H3. The summed E-state index contributed by atoms with van der Waals surface area (Å²) in [5.74, 6) is -0.373. The van der Waals surface area contributed by atoms with Crippen molar-refractivity contribution in [2.75, 3.05) is 6.61 Å². The average molecular weight is 185 g/mol. The number of ether oxygens (including phenoxy) is 1. The van der Waals surface area contributed by atoms with Crippen LogP contribution in [-0.2, 0) is 9.53 Å². The van der Waals surface area contributed by atoms with Crippen LogP contribution in [0, 0.1) is 0 Å². The Kier molecular flexibility index (Phi) is 4.70. The van der Waals surface area contributed by atoms with Crippen molar-refractivity contribution in [2.45, 2.75) is 39.3 Å². The minimum atomic E-state index is -0.373. The minimum Gasteiger partial charge on any atom is -0.461 e. The Balaban J connectivity index is 3.69. The van der Waals surface area contributed by atoms with Gasteiger partial charge in [-0.2, -0.15) is 0 Å². The number of esters is 1. The monoisotopic (exact) mass is 185 g/mol. The maximum atomic E-state index is 10.7. The number of hydrogen-bond donors (Lipinski definition) is 1. The van der Waals surface area contributed by atoms with Gasteiger partial charge in [0.25, 0.3) is 0 Å². The lowest BCUT2D eigenvalue weighted by atomic mass is 10.1. The minimum absolute atomic E-state index is 0.0417. The van der Waals surface area contributed by atoms with E-state index in [1.165, 1.54) is 6.08 Å². The van der Waals surface area contributed by atoms with E-state index >= 15 is 0 Å². The molecule has 76 valence electrons. The zero-order valence-electron chi connectivity index (χ0n) is 8.89. The molecule has 3 heteroatoms. The van der Waals surface area contributed by atoms with E-state index in [-0.39, 0.29) is 17.6 Å². The van der Waals surface area contributed by atoms with Gasteiger partial charge in [0.2, 0.25) is 0 Å². The van der Waals surface area contributed by atoms with E-state index < -0.39 is 0 Å². The molecule has 0 aromatic rings. The van der Waals surface area contributed by atoms with Gasteiger partial charge in [0.15, 0.2) is 0 Å². The topological polar surface area (TPSA) is 38.3 Å². The molecule has 1 atom stereocenters. The Hall–Kier alpha value is -0.830. The van der Waals surface area contributed by atoms with Gasteiger partial charge >= 0.3 is 5.97 Å². The van der Waals surface area contributed by atoms with E-state index in [0.717, 1.165) is 0 Å². The molecule has 1 N–H and O–H groups in total. The zero-order valence-corrected chi connectivity index (χ0v) is 8.89. The highest BCUT2D eigenvalue weighted by atomic mass is 16.5. The molecule has 0 fully saturated rings. The first-order chi connectivity index (χ1) is 5.85. The van der Waals surface area contributed by atoms with Crippen molar-refractivity contribution in [1.82, 2.24) is 5.32 Å². The highest BCUT2D eigenvalue weighted by Crippen LogP contribution is 2.01. The third kappa shape index (κ3) is 7.53. The lowest BCUT2D eigenvalue weighted by molar-refractivity contribution is -0.138. The second kappa shape index (κ2) is 5.02. The fourth-order valence-corrected chi connectivity index (χ4v) is 1.05. The molecule has 0 amide bonds. The van der Waals surface area contributed by atoms with Gasteiger partial charge in [0.1, 0.15) is 6.61 Å². The van der Waals surface area contributed by atoms with Gasteiger partial charge in [-0.15, -0.1) is 0 Å². The number of hydrogen-bond acceptors (Lipinski definition) is 3. The lowest BCUT2D eigenvalue weighted by Gasteiger charge is -2.25. The average Bonchev–Trinajstić information content (AvgIpc) is 1.97.